The molecule has 1 atom stereocenters. The first-order valence-corrected chi connectivity index (χ1v) is 5.35. The Morgan fingerprint density at radius 3 is 2.80 bits per heavy atom. The molecule has 0 aliphatic rings. The van der Waals surface area contributed by atoms with Crippen LogP contribution in [0.25, 0.3) is 0 Å². The largest absolute Gasteiger partial charge is 0.354 e. The van der Waals surface area contributed by atoms with Crippen molar-refractivity contribution in [1.29, 1.82) is 5.26 Å². The minimum atomic E-state index is 0.455. The fourth-order valence-corrected chi connectivity index (χ4v) is 1.56. The van der Waals surface area contributed by atoms with Gasteiger partial charge in [0.15, 0.2) is 0 Å². The minimum Gasteiger partial charge on any atom is -0.354 e. The van der Waals surface area contributed by atoms with Gasteiger partial charge < -0.3 is 4.90 Å². The zero-order valence-electron chi connectivity index (χ0n) is 9.57. The third kappa shape index (κ3) is 2.69. The van der Waals surface area contributed by atoms with E-state index in [2.05, 4.69) is 36.7 Å². The molecule has 0 amide bonds. The van der Waals surface area contributed by atoms with E-state index in [1.54, 1.807) is 12.3 Å². The van der Waals surface area contributed by atoms with Gasteiger partial charge in [-0.3, -0.25) is 0 Å². The lowest BCUT2D eigenvalue weighted by atomic mass is 10.2. The molecule has 0 spiro atoms. The summed E-state index contributed by atoms with van der Waals surface area (Å²) in [6.07, 6.45) is 2.77. The topological polar surface area (TPSA) is 39.9 Å². The lowest BCUT2D eigenvalue weighted by molar-refractivity contribution is 0.623. The molecule has 1 aromatic rings. The number of hydrogen-bond donors (Lipinski definition) is 0. The van der Waals surface area contributed by atoms with Crippen LogP contribution in [-0.4, -0.2) is 17.6 Å². The monoisotopic (exact) mass is 203 g/mol. The normalized spacial score (nSPS) is 11.9. The molecule has 0 N–H and O–H groups in total. The van der Waals surface area contributed by atoms with E-state index in [9.17, 15) is 0 Å². The van der Waals surface area contributed by atoms with Gasteiger partial charge in [0, 0.05) is 18.8 Å². The van der Waals surface area contributed by atoms with E-state index in [4.69, 9.17) is 5.26 Å². The van der Waals surface area contributed by atoms with Gasteiger partial charge in [0.05, 0.1) is 11.6 Å². The Bertz CT molecular complexity index is 354. The molecule has 0 aliphatic carbocycles. The molecule has 0 aromatic carbocycles. The van der Waals surface area contributed by atoms with Gasteiger partial charge in [-0.15, -0.1) is 0 Å². The summed E-state index contributed by atoms with van der Waals surface area (Å²) in [5.41, 5.74) is 0.668. The zero-order valence-corrected chi connectivity index (χ0v) is 9.57. The van der Waals surface area contributed by atoms with Gasteiger partial charge in [-0.25, -0.2) is 4.98 Å². The predicted molar refractivity (Wildman–Crippen MR) is 61.7 cm³/mol. The number of rotatable bonds is 4. The van der Waals surface area contributed by atoms with Crippen LogP contribution in [0.1, 0.15) is 32.8 Å². The Morgan fingerprint density at radius 2 is 2.27 bits per heavy atom. The molecule has 3 heteroatoms. The van der Waals surface area contributed by atoms with Crippen LogP contribution in [-0.2, 0) is 0 Å². The van der Waals surface area contributed by atoms with Gasteiger partial charge in [0.2, 0.25) is 0 Å². The summed E-state index contributed by atoms with van der Waals surface area (Å²) in [5.74, 6) is 0.894. The van der Waals surface area contributed by atoms with Crippen LogP contribution in [0.2, 0.25) is 0 Å². The Labute approximate surface area is 91.4 Å². The summed E-state index contributed by atoms with van der Waals surface area (Å²) in [5, 5.41) is 8.82. The number of pyridine rings is 1. The van der Waals surface area contributed by atoms with Crippen molar-refractivity contribution in [3.8, 4) is 6.07 Å². The van der Waals surface area contributed by atoms with Crippen LogP contribution in [0.3, 0.4) is 0 Å². The molecular formula is C12H17N3. The van der Waals surface area contributed by atoms with Gasteiger partial charge in [0.25, 0.3) is 0 Å². The first kappa shape index (κ1) is 11.5. The lowest BCUT2D eigenvalue weighted by Gasteiger charge is -2.28. The van der Waals surface area contributed by atoms with Crippen LogP contribution in [0.5, 0.6) is 0 Å². The number of nitriles is 1. The molecule has 0 bridgehead atoms. The highest BCUT2D eigenvalue weighted by atomic mass is 15.2. The van der Waals surface area contributed by atoms with E-state index in [1.807, 2.05) is 6.07 Å². The molecule has 80 valence electrons. The van der Waals surface area contributed by atoms with E-state index < -0.39 is 0 Å². The van der Waals surface area contributed by atoms with Crippen LogP contribution in [0.4, 0.5) is 5.82 Å². The maximum absolute atomic E-state index is 8.82. The number of hydrogen-bond acceptors (Lipinski definition) is 3. The summed E-state index contributed by atoms with van der Waals surface area (Å²) < 4.78 is 0. The highest BCUT2D eigenvalue weighted by Crippen LogP contribution is 2.16. The summed E-state index contributed by atoms with van der Waals surface area (Å²) in [7, 11) is 0. The number of nitrogens with zero attached hydrogens (tertiary/aromatic N) is 3. The molecule has 1 aromatic heterocycles. The van der Waals surface area contributed by atoms with Gasteiger partial charge in [-0.2, -0.15) is 5.26 Å². The van der Waals surface area contributed by atoms with E-state index in [1.165, 1.54) is 0 Å². The SMILES string of the molecule is CCC(C)N(CC)c1cc(C#N)ccn1. The molecule has 0 aliphatic heterocycles. The molecule has 15 heavy (non-hydrogen) atoms. The highest BCUT2D eigenvalue weighted by Gasteiger charge is 2.12. The average molecular weight is 203 g/mol. The summed E-state index contributed by atoms with van der Waals surface area (Å²) in [4.78, 5) is 6.51. The second-order valence-corrected chi connectivity index (χ2v) is 3.56. The Balaban J connectivity index is 2.97. The van der Waals surface area contributed by atoms with Crippen LogP contribution in [0.15, 0.2) is 18.3 Å². The van der Waals surface area contributed by atoms with Crippen molar-refractivity contribution >= 4 is 5.82 Å². The van der Waals surface area contributed by atoms with Crippen molar-refractivity contribution < 1.29 is 0 Å². The maximum atomic E-state index is 8.82. The highest BCUT2D eigenvalue weighted by molar-refractivity contribution is 5.45. The maximum Gasteiger partial charge on any atom is 0.130 e. The average Bonchev–Trinajstić information content (AvgIpc) is 2.30. The molecule has 1 heterocycles. The standard InChI is InChI=1S/C12H17N3/c1-4-10(3)15(5-2)12-8-11(9-13)6-7-14-12/h6-8,10H,4-5H2,1-3H3. The fourth-order valence-electron chi connectivity index (χ4n) is 1.56. The quantitative estimate of drug-likeness (QED) is 0.755. The molecule has 1 unspecified atom stereocenters. The van der Waals surface area contributed by atoms with Gasteiger partial charge in [-0.1, -0.05) is 6.92 Å². The molecule has 0 fully saturated rings. The Morgan fingerprint density at radius 1 is 1.53 bits per heavy atom. The third-order valence-corrected chi connectivity index (χ3v) is 2.63. The number of aromatic nitrogens is 1. The smallest absolute Gasteiger partial charge is 0.130 e. The summed E-state index contributed by atoms with van der Waals surface area (Å²) >= 11 is 0. The third-order valence-electron chi connectivity index (χ3n) is 2.63. The minimum absolute atomic E-state index is 0.455. The summed E-state index contributed by atoms with van der Waals surface area (Å²) in [6.45, 7) is 7.34. The Kier molecular flexibility index (Phi) is 4.11. The van der Waals surface area contributed by atoms with Crippen molar-refractivity contribution in [2.24, 2.45) is 0 Å². The molecule has 1 rings (SSSR count). The van der Waals surface area contributed by atoms with Crippen LogP contribution in [0, 0.1) is 11.3 Å². The van der Waals surface area contributed by atoms with Gasteiger partial charge >= 0.3 is 0 Å². The van der Waals surface area contributed by atoms with Crippen LogP contribution < -0.4 is 4.90 Å². The molecular weight excluding hydrogens is 186 g/mol. The second-order valence-electron chi connectivity index (χ2n) is 3.56. The van der Waals surface area contributed by atoms with Crippen LogP contribution >= 0.6 is 0 Å². The zero-order chi connectivity index (χ0) is 11.3. The summed E-state index contributed by atoms with van der Waals surface area (Å²) in [6, 6.07) is 6.16. The second kappa shape index (κ2) is 5.35. The van der Waals surface area contributed by atoms with E-state index in [-0.39, 0.29) is 0 Å². The molecule has 0 saturated carbocycles. The first-order valence-electron chi connectivity index (χ1n) is 5.35. The van der Waals surface area contributed by atoms with Crippen molar-refractivity contribution in [1.82, 2.24) is 4.98 Å². The molecule has 0 radical (unpaired) electrons. The van der Waals surface area contributed by atoms with Crippen molar-refractivity contribution in [2.45, 2.75) is 33.2 Å². The fraction of sp³-hybridized carbons (Fsp3) is 0.500. The first-order chi connectivity index (χ1) is 7.22. The molecule has 3 nitrogen and oxygen atoms in total. The van der Waals surface area contributed by atoms with E-state index in [0.717, 1.165) is 18.8 Å². The van der Waals surface area contributed by atoms with Gasteiger partial charge in [0.1, 0.15) is 5.82 Å². The van der Waals surface area contributed by atoms with Crippen molar-refractivity contribution in [3.05, 3.63) is 23.9 Å². The number of anilines is 1. The van der Waals surface area contributed by atoms with E-state index >= 15 is 0 Å². The lowest BCUT2D eigenvalue weighted by Crippen LogP contribution is -2.32. The van der Waals surface area contributed by atoms with Crippen molar-refractivity contribution in [2.75, 3.05) is 11.4 Å². The Hall–Kier alpha value is -1.56. The molecule has 0 saturated heterocycles. The predicted octanol–water partition coefficient (Wildman–Crippen LogP) is 2.58. The van der Waals surface area contributed by atoms with E-state index in [0.29, 0.717) is 11.6 Å². The van der Waals surface area contributed by atoms with Gasteiger partial charge in [-0.05, 0) is 32.4 Å². The van der Waals surface area contributed by atoms with Crippen molar-refractivity contribution in [3.63, 3.8) is 0 Å².